The van der Waals surface area contributed by atoms with Gasteiger partial charge in [0.25, 0.3) is 0 Å². The predicted octanol–water partition coefficient (Wildman–Crippen LogP) is 3.02. The lowest BCUT2D eigenvalue weighted by atomic mass is 10.2. The summed E-state index contributed by atoms with van der Waals surface area (Å²) < 4.78 is 6.88. The second-order valence-electron chi connectivity index (χ2n) is 4.35. The Labute approximate surface area is 117 Å². The van der Waals surface area contributed by atoms with E-state index in [1.807, 2.05) is 59.3 Å². The van der Waals surface area contributed by atoms with E-state index in [0.29, 0.717) is 6.61 Å². The highest BCUT2D eigenvalue weighted by molar-refractivity contribution is 5.85. The summed E-state index contributed by atoms with van der Waals surface area (Å²) in [5.74, 6) is 6.17. The van der Waals surface area contributed by atoms with Crippen molar-refractivity contribution in [2.45, 2.75) is 0 Å². The summed E-state index contributed by atoms with van der Waals surface area (Å²) in [6, 6.07) is 18.0. The Balaban J connectivity index is 2.21. The standard InChI is InChI=1S/C17H14N2O/c1-20-13-7-12-17-15-10-5-6-11-16(15)18-19(17)14-8-3-2-4-9-14/h2-6,8-11H,13H2,1H3. The number of para-hydroxylation sites is 1. The first-order chi connectivity index (χ1) is 9.90. The Kier molecular flexibility index (Phi) is 3.49. The monoisotopic (exact) mass is 262 g/mol. The molecule has 1 aromatic heterocycles. The molecule has 0 bridgehead atoms. The molecule has 0 atom stereocenters. The van der Waals surface area contributed by atoms with E-state index in [-0.39, 0.29) is 0 Å². The Morgan fingerprint density at radius 3 is 2.60 bits per heavy atom. The lowest BCUT2D eigenvalue weighted by Crippen LogP contribution is -1.99. The maximum absolute atomic E-state index is 4.99. The van der Waals surface area contributed by atoms with Crippen LogP contribution in [0.5, 0.6) is 0 Å². The first kappa shape index (κ1) is 12.5. The highest BCUT2D eigenvalue weighted by atomic mass is 16.5. The number of fused-ring (bicyclic) bond motifs is 1. The van der Waals surface area contributed by atoms with Crippen molar-refractivity contribution in [3.05, 3.63) is 60.3 Å². The third kappa shape index (κ3) is 2.29. The van der Waals surface area contributed by atoms with Gasteiger partial charge < -0.3 is 4.74 Å². The van der Waals surface area contributed by atoms with Crippen molar-refractivity contribution in [2.75, 3.05) is 13.7 Å². The molecule has 3 rings (SSSR count). The number of aromatic nitrogens is 2. The van der Waals surface area contributed by atoms with Crippen molar-refractivity contribution in [1.82, 2.24) is 9.78 Å². The van der Waals surface area contributed by atoms with Crippen molar-refractivity contribution in [3.63, 3.8) is 0 Å². The maximum Gasteiger partial charge on any atom is 0.124 e. The second kappa shape index (κ2) is 5.60. The summed E-state index contributed by atoms with van der Waals surface area (Å²) in [7, 11) is 1.64. The summed E-state index contributed by atoms with van der Waals surface area (Å²) in [5.41, 5.74) is 2.84. The Morgan fingerprint density at radius 1 is 1.05 bits per heavy atom. The molecule has 20 heavy (non-hydrogen) atoms. The minimum absolute atomic E-state index is 0.411. The fourth-order valence-corrected chi connectivity index (χ4v) is 2.10. The molecular formula is C17H14N2O. The topological polar surface area (TPSA) is 27.1 Å². The van der Waals surface area contributed by atoms with Gasteiger partial charge in [0.15, 0.2) is 0 Å². The van der Waals surface area contributed by atoms with Crippen molar-refractivity contribution in [2.24, 2.45) is 0 Å². The highest BCUT2D eigenvalue weighted by Gasteiger charge is 2.09. The molecule has 0 saturated heterocycles. The second-order valence-corrected chi connectivity index (χ2v) is 4.35. The van der Waals surface area contributed by atoms with Crippen LogP contribution in [0.3, 0.4) is 0 Å². The maximum atomic E-state index is 4.99. The SMILES string of the molecule is COCC#Cc1c2ccccc2nn1-c1ccccc1. The highest BCUT2D eigenvalue weighted by Crippen LogP contribution is 2.20. The summed E-state index contributed by atoms with van der Waals surface area (Å²) in [5, 5.41) is 5.69. The number of nitrogens with zero attached hydrogens (tertiary/aromatic N) is 2. The van der Waals surface area contributed by atoms with Crippen LogP contribution in [0.2, 0.25) is 0 Å². The third-order valence-corrected chi connectivity index (χ3v) is 3.00. The molecule has 3 aromatic rings. The normalized spacial score (nSPS) is 10.2. The molecule has 0 aliphatic rings. The Morgan fingerprint density at radius 2 is 1.80 bits per heavy atom. The van der Waals surface area contributed by atoms with Gasteiger partial charge in [-0.1, -0.05) is 36.3 Å². The quantitative estimate of drug-likeness (QED) is 0.664. The summed E-state index contributed by atoms with van der Waals surface area (Å²) in [6.45, 7) is 0.411. The summed E-state index contributed by atoms with van der Waals surface area (Å²) >= 11 is 0. The number of benzene rings is 2. The average Bonchev–Trinajstić information content (AvgIpc) is 2.87. The molecule has 0 aliphatic heterocycles. The molecule has 0 aliphatic carbocycles. The van der Waals surface area contributed by atoms with Crippen molar-refractivity contribution >= 4 is 10.9 Å². The van der Waals surface area contributed by atoms with Crippen LogP contribution in [0.4, 0.5) is 0 Å². The van der Waals surface area contributed by atoms with E-state index < -0.39 is 0 Å². The summed E-state index contributed by atoms with van der Waals surface area (Å²) in [4.78, 5) is 0. The molecule has 2 aromatic carbocycles. The Hall–Kier alpha value is -2.57. The fourth-order valence-electron chi connectivity index (χ4n) is 2.10. The van der Waals surface area contributed by atoms with Gasteiger partial charge in [0.1, 0.15) is 12.3 Å². The van der Waals surface area contributed by atoms with Gasteiger partial charge in [-0.15, -0.1) is 0 Å². The molecule has 0 saturated carbocycles. The van der Waals surface area contributed by atoms with Gasteiger partial charge in [-0.3, -0.25) is 0 Å². The van der Waals surface area contributed by atoms with Crippen molar-refractivity contribution in [1.29, 1.82) is 0 Å². The number of hydrogen-bond donors (Lipinski definition) is 0. The minimum atomic E-state index is 0.411. The van der Waals surface area contributed by atoms with E-state index >= 15 is 0 Å². The fraction of sp³-hybridized carbons (Fsp3) is 0.118. The molecule has 1 heterocycles. The lowest BCUT2D eigenvalue weighted by molar-refractivity contribution is 0.240. The van der Waals surface area contributed by atoms with Gasteiger partial charge in [0.05, 0.1) is 11.2 Å². The first-order valence-corrected chi connectivity index (χ1v) is 6.41. The number of methoxy groups -OCH3 is 1. The van der Waals surface area contributed by atoms with E-state index in [1.165, 1.54) is 0 Å². The van der Waals surface area contributed by atoms with Crippen LogP contribution in [0.15, 0.2) is 54.6 Å². The predicted molar refractivity (Wildman–Crippen MR) is 79.8 cm³/mol. The molecule has 98 valence electrons. The van der Waals surface area contributed by atoms with Crippen molar-refractivity contribution < 1.29 is 4.74 Å². The van der Waals surface area contributed by atoms with Crippen LogP contribution in [0.25, 0.3) is 16.6 Å². The average molecular weight is 262 g/mol. The molecule has 0 amide bonds. The van der Waals surface area contributed by atoms with Gasteiger partial charge in [-0.2, -0.15) is 5.10 Å². The zero-order chi connectivity index (χ0) is 13.8. The van der Waals surface area contributed by atoms with Gasteiger partial charge >= 0.3 is 0 Å². The smallest absolute Gasteiger partial charge is 0.124 e. The van der Waals surface area contributed by atoms with Crippen LogP contribution in [0, 0.1) is 11.8 Å². The third-order valence-electron chi connectivity index (χ3n) is 3.00. The molecule has 0 radical (unpaired) electrons. The summed E-state index contributed by atoms with van der Waals surface area (Å²) in [6.07, 6.45) is 0. The number of rotatable bonds is 2. The lowest BCUT2D eigenvalue weighted by Gasteiger charge is -2.02. The van der Waals surface area contributed by atoms with Gasteiger partial charge in [0.2, 0.25) is 0 Å². The molecule has 3 nitrogen and oxygen atoms in total. The first-order valence-electron chi connectivity index (χ1n) is 6.41. The largest absolute Gasteiger partial charge is 0.372 e. The molecule has 3 heteroatoms. The van der Waals surface area contributed by atoms with Gasteiger partial charge in [-0.05, 0) is 30.2 Å². The van der Waals surface area contributed by atoms with Gasteiger partial charge in [-0.25, -0.2) is 4.68 Å². The zero-order valence-electron chi connectivity index (χ0n) is 11.2. The van der Waals surface area contributed by atoms with Crippen LogP contribution in [-0.4, -0.2) is 23.5 Å². The van der Waals surface area contributed by atoms with Crippen LogP contribution in [0.1, 0.15) is 5.69 Å². The number of hydrogen-bond acceptors (Lipinski definition) is 2. The van der Waals surface area contributed by atoms with Crippen LogP contribution >= 0.6 is 0 Å². The van der Waals surface area contributed by atoms with Crippen LogP contribution in [-0.2, 0) is 4.74 Å². The van der Waals surface area contributed by atoms with E-state index in [9.17, 15) is 0 Å². The molecule has 0 unspecified atom stereocenters. The van der Waals surface area contributed by atoms with Crippen molar-refractivity contribution in [3.8, 4) is 17.5 Å². The van der Waals surface area contributed by atoms with E-state index in [1.54, 1.807) is 7.11 Å². The molecule has 0 fully saturated rings. The molecular weight excluding hydrogens is 248 g/mol. The van der Waals surface area contributed by atoms with Crippen LogP contribution < -0.4 is 0 Å². The molecule has 0 N–H and O–H groups in total. The Bertz CT molecular complexity index is 779. The van der Waals surface area contributed by atoms with Gasteiger partial charge in [0, 0.05) is 12.5 Å². The zero-order valence-corrected chi connectivity index (χ0v) is 11.2. The van der Waals surface area contributed by atoms with E-state index in [0.717, 1.165) is 22.3 Å². The van der Waals surface area contributed by atoms with E-state index in [2.05, 4.69) is 16.9 Å². The van der Waals surface area contributed by atoms with E-state index in [4.69, 9.17) is 4.74 Å². The minimum Gasteiger partial charge on any atom is -0.372 e. The molecule has 0 spiro atoms. The number of ether oxygens (including phenoxy) is 1.